The number of amidine groups is 1. The normalized spacial score (nSPS) is 11.9. The molecule has 0 aliphatic rings. The number of hydrogen-bond acceptors (Lipinski definition) is 5. The van der Waals surface area contributed by atoms with E-state index in [4.69, 9.17) is 10.9 Å². The van der Waals surface area contributed by atoms with Crippen LogP contribution >= 0.6 is 0 Å². The monoisotopic (exact) mass is 319 g/mol. The van der Waals surface area contributed by atoms with E-state index >= 15 is 0 Å². The summed E-state index contributed by atoms with van der Waals surface area (Å²) in [6, 6.07) is 13.4. The number of rotatable bonds is 4. The van der Waals surface area contributed by atoms with Crippen molar-refractivity contribution in [1.82, 2.24) is 4.72 Å². The minimum atomic E-state index is -4.06. The van der Waals surface area contributed by atoms with E-state index in [2.05, 4.69) is 5.16 Å². The molecule has 4 N–H and O–H groups in total. The highest BCUT2D eigenvalue weighted by Gasteiger charge is 2.19. The Bertz CT molecular complexity index is 817. The zero-order valence-electron chi connectivity index (χ0n) is 11.3. The van der Waals surface area contributed by atoms with Crippen LogP contribution in [0.5, 0.6) is 0 Å². The summed E-state index contributed by atoms with van der Waals surface area (Å²) in [5.74, 6) is -0.971. The summed E-state index contributed by atoms with van der Waals surface area (Å²) in [5, 5.41) is 11.4. The molecular weight excluding hydrogens is 306 g/mol. The number of carbonyl (C=O) groups is 1. The minimum Gasteiger partial charge on any atom is -0.409 e. The molecule has 0 fully saturated rings. The molecule has 0 aliphatic heterocycles. The van der Waals surface area contributed by atoms with Gasteiger partial charge in [0.2, 0.25) is 0 Å². The first-order valence-corrected chi connectivity index (χ1v) is 7.62. The Kier molecular flexibility index (Phi) is 4.42. The van der Waals surface area contributed by atoms with Crippen LogP contribution in [0.1, 0.15) is 15.9 Å². The highest BCUT2D eigenvalue weighted by atomic mass is 32.2. The van der Waals surface area contributed by atoms with Gasteiger partial charge >= 0.3 is 0 Å². The van der Waals surface area contributed by atoms with E-state index in [0.717, 1.165) is 0 Å². The Labute approximate surface area is 127 Å². The number of nitrogens with one attached hydrogen (secondary N) is 1. The number of oxime groups is 1. The number of hydrogen-bond donors (Lipinski definition) is 3. The van der Waals surface area contributed by atoms with Crippen molar-refractivity contribution < 1.29 is 18.4 Å². The third kappa shape index (κ3) is 3.41. The van der Waals surface area contributed by atoms with E-state index in [1.54, 1.807) is 18.2 Å². The van der Waals surface area contributed by atoms with Crippen LogP contribution in [-0.4, -0.2) is 25.4 Å². The van der Waals surface area contributed by atoms with Crippen molar-refractivity contribution in [2.24, 2.45) is 10.9 Å². The van der Waals surface area contributed by atoms with Crippen LogP contribution in [0.4, 0.5) is 0 Å². The van der Waals surface area contributed by atoms with Crippen molar-refractivity contribution >= 4 is 21.8 Å². The van der Waals surface area contributed by atoms with E-state index < -0.39 is 15.9 Å². The number of nitrogens with two attached hydrogens (primary N) is 1. The molecule has 0 atom stereocenters. The van der Waals surface area contributed by atoms with Gasteiger partial charge in [0, 0.05) is 11.1 Å². The molecule has 0 aliphatic carbocycles. The van der Waals surface area contributed by atoms with Crippen molar-refractivity contribution in [3.8, 4) is 0 Å². The second-order valence-electron chi connectivity index (χ2n) is 4.31. The number of carbonyl (C=O) groups excluding carboxylic acids is 1. The highest BCUT2D eigenvalue weighted by Crippen LogP contribution is 2.12. The Morgan fingerprint density at radius 2 is 1.68 bits per heavy atom. The first-order valence-electron chi connectivity index (χ1n) is 6.14. The smallest absolute Gasteiger partial charge is 0.264 e. The van der Waals surface area contributed by atoms with Gasteiger partial charge in [-0.25, -0.2) is 13.1 Å². The molecule has 2 aromatic carbocycles. The Balaban J connectivity index is 2.30. The van der Waals surface area contributed by atoms with E-state index in [9.17, 15) is 13.2 Å². The third-order valence-corrected chi connectivity index (χ3v) is 4.14. The first-order chi connectivity index (χ1) is 10.4. The summed E-state index contributed by atoms with van der Waals surface area (Å²) in [4.78, 5) is 11.8. The molecule has 0 spiro atoms. The van der Waals surface area contributed by atoms with Gasteiger partial charge in [-0.05, 0) is 24.3 Å². The topological polar surface area (TPSA) is 122 Å². The summed E-state index contributed by atoms with van der Waals surface area (Å²) in [6.45, 7) is 0. The summed E-state index contributed by atoms with van der Waals surface area (Å²) >= 11 is 0. The predicted octanol–water partition coefficient (Wildman–Crippen LogP) is 0.900. The maximum absolute atomic E-state index is 12.2. The van der Waals surface area contributed by atoms with Gasteiger partial charge in [0.25, 0.3) is 15.9 Å². The molecular formula is C14H13N3O4S. The summed E-state index contributed by atoms with van der Waals surface area (Å²) in [7, 11) is -4.06. The first kappa shape index (κ1) is 15.5. The third-order valence-electron chi connectivity index (χ3n) is 2.81. The molecule has 0 heterocycles. The summed E-state index contributed by atoms with van der Waals surface area (Å²) in [6.07, 6.45) is 0. The van der Waals surface area contributed by atoms with Crippen molar-refractivity contribution in [3.63, 3.8) is 0 Å². The van der Waals surface area contributed by atoms with Crippen LogP contribution in [0, 0.1) is 0 Å². The molecule has 8 heteroatoms. The fourth-order valence-corrected chi connectivity index (χ4v) is 2.73. The van der Waals surface area contributed by atoms with Gasteiger partial charge in [-0.3, -0.25) is 4.79 Å². The molecule has 0 aromatic heterocycles. The molecule has 0 saturated heterocycles. The lowest BCUT2D eigenvalue weighted by molar-refractivity contribution is 0.0981. The zero-order chi connectivity index (χ0) is 16.2. The lowest BCUT2D eigenvalue weighted by atomic mass is 10.2. The molecule has 1 amide bonds. The lowest BCUT2D eigenvalue weighted by Crippen LogP contribution is -2.30. The molecule has 22 heavy (non-hydrogen) atoms. The zero-order valence-corrected chi connectivity index (χ0v) is 12.1. The predicted molar refractivity (Wildman–Crippen MR) is 80.0 cm³/mol. The van der Waals surface area contributed by atoms with Gasteiger partial charge in [0.15, 0.2) is 5.84 Å². The second-order valence-corrected chi connectivity index (χ2v) is 6.00. The van der Waals surface area contributed by atoms with E-state index in [0.29, 0.717) is 0 Å². The number of nitrogens with zero attached hydrogens (tertiary/aromatic N) is 1. The Morgan fingerprint density at radius 1 is 1.05 bits per heavy atom. The summed E-state index contributed by atoms with van der Waals surface area (Å²) < 4.78 is 26.4. The van der Waals surface area contributed by atoms with Gasteiger partial charge in [-0.1, -0.05) is 35.5 Å². The van der Waals surface area contributed by atoms with Gasteiger partial charge in [-0.2, -0.15) is 0 Å². The second kappa shape index (κ2) is 6.27. The van der Waals surface area contributed by atoms with E-state index in [1.807, 2.05) is 4.72 Å². The van der Waals surface area contributed by atoms with Gasteiger partial charge in [-0.15, -0.1) is 0 Å². The quantitative estimate of drug-likeness (QED) is 0.334. The van der Waals surface area contributed by atoms with Crippen LogP contribution in [0.3, 0.4) is 0 Å². The molecule has 0 saturated carbocycles. The fourth-order valence-electron chi connectivity index (χ4n) is 1.71. The highest BCUT2D eigenvalue weighted by molar-refractivity contribution is 7.90. The molecule has 2 aromatic rings. The van der Waals surface area contributed by atoms with Crippen LogP contribution in [0.2, 0.25) is 0 Å². The molecule has 0 unspecified atom stereocenters. The van der Waals surface area contributed by atoms with Gasteiger partial charge in [0.1, 0.15) is 0 Å². The molecule has 0 bridgehead atoms. The number of amides is 1. The molecule has 0 radical (unpaired) electrons. The van der Waals surface area contributed by atoms with E-state index in [-0.39, 0.29) is 21.9 Å². The molecule has 114 valence electrons. The average Bonchev–Trinajstić information content (AvgIpc) is 2.54. The summed E-state index contributed by atoms with van der Waals surface area (Å²) in [5.41, 5.74) is 5.86. The van der Waals surface area contributed by atoms with Crippen molar-refractivity contribution in [2.45, 2.75) is 4.90 Å². The lowest BCUT2D eigenvalue weighted by Gasteiger charge is -2.08. The van der Waals surface area contributed by atoms with Crippen molar-refractivity contribution in [2.75, 3.05) is 0 Å². The van der Waals surface area contributed by atoms with Crippen LogP contribution in [0.25, 0.3) is 0 Å². The fraction of sp³-hybridized carbons (Fsp3) is 0. The van der Waals surface area contributed by atoms with Gasteiger partial charge in [0.05, 0.1) is 4.90 Å². The Hall–Kier alpha value is -2.87. The van der Waals surface area contributed by atoms with Crippen LogP contribution in [0.15, 0.2) is 64.6 Å². The van der Waals surface area contributed by atoms with Crippen LogP contribution < -0.4 is 10.5 Å². The maximum atomic E-state index is 12.2. The van der Waals surface area contributed by atoms with Crippen LogP contribution in [-0.2, 0) is 10.0 Å². The largest absolute Gasteiger partial charge is 0.409 e. The minimum absolute atomic E-state index is 0.166. The number of sulfonamides is 1. The SMILES string of the molecule is N/C(=N/O)c1cccc(S(=O)(=O)NC(=O)c2ccccc2)c1. The van der Waals surface area contributed by atoms with Crippen molar-refractivity contribution in [3.05, 3.63) is 65.7 Å². The van der Waals surface area contributed by atoms with E-state index in [1.165, 1.54) is 36.4 Å². The average molecular weight is 319 g/mol. The van der Waals surface area contributed by atoms with Gasteiger partial charge < -0.3 is 10.9 Å². The molecule has 7 nitrogen and oxygen atoms in total. The standard InChI is InChI=1S/C14H13N3O4S/c15-13(16-19)11-7-4-8-12(9-11)22(20,21)17-14(18)10-5-2-1-3-6-10/h1-9,19H,(H2,15,16)(H,17,18). The Morgan fingerprint density at radius 3 is 2.32 bits per heavy atom. The maximum Gasteiger partial charge on any atom is 0.264 e. The number of benzene rings is 2. The van der Waals surface area contributed by atoms with Crippen molar-refractivity contribution in [1.29, 1.82) is 0 Å². The molecule has 2 rings (SSSR count).